The van der Waals surface area contributed by atoms with E-state index in [9.17, 15) is 0 Å². The van der Waals surface area contributed by atoms with Gasteiger partial charge in [-0.25, -0.2) is 0 Å². The van der Waals surface area contributed by atoms with E-state index in [0.717, 1.165) is 6.61 Å². The first-order valence-electron chi connectivity index (χ1n) is 2.99. The van der Waals surface area contributed by atoms with Gasteiger partial charge in [-0.05, 0) is 13.0 Å². The molecule has 0 radical (unpaired) electrons. The zero-order valence-corrected chi connectivity index (χ0v) is 8.65. The van der Waals surface area contributed by atoms with Crippen molar-refractivity contribution < 1.29 is 4.43 Å². The summed E-state index contributed by atoms with van der Waals surface area (Å²) in [7, 11) is 1.31. The zero-order chi connectivity index (χ0) is 5.54. The highest BCUT2D eigenvalue weighted by Crippen LogP contribution is 1.82. The molecule has 0 aliphatic heterocycles. The van der Waals surface area contributed by atoms with E-state index in [-0.39, 0.29) is 9.76 Å². The van der Waals surface area contributed by atoms with Crippen molar-refractivity contribution in [3.05, 3.63) is 0 Å². The molecule has 1 nitrogen and oxygen atoms in total. The molecule has 0 amide bonds. The van der Waals surface area contributed by atoms with Crippen LogP contribution < -0.4 is 0 Å². The summed E-state index contributed by atoms with van der Waals surface area (Å²) in [5.41, 5.74) is 0. The predicted octanol–water partition coefficient (Wildman–Crippen LogP) is -0.691. The van der Waals surface area contributed by atoms with E-state index in [1.807, 2.05) is 0 Å². The Morgan fingerprint density at radius 2 is 2.43 bits per heavy atom. The summed E-state index contributed by atoms with van der Waals surface area (Å²) in [5, 5.41) is 0. The molecule has 0 bridgehead atoms. The molecule has 0 aliphatic rings. The fraction of sp³-hybridized carbons (Fsp3) is 1.00. The summed E-state index contributed by atoms with van der Waals surface area (Å²) in [6, 6.07) is 2.84. The van der Waals surface area contributed by atoms with E-state index >= 15 is 0 Å². The minimum atomic E-state index is -0.0540. The molecule has 0 unspecified atom stereocenters. The van der Waals surface area contributed by atoms with Crippen LogP contribution >= 0.6 is 0 Å². The summed E-state index contributed by atoms with van der Waals surface area (Å²) < 4.78 is 5.24. The fourth-order valence-corrected chi connectivity index (χ4v) is 2.04. The van der Waals surface area contributed by atoms with Crippen molar-refractivity contribution in [2.75, 3.05) is 6.61 Å². The van der Waals surface area contributed by atoms with Gasteiger partial charge in [-0.1, -0.05) is 6.04 Å². The fourth-order valence-electron chi connectivity index (χ4n) is 0.391. The van der Waals surface area contributed by atoms with E-state index in [1.165, 1.54) is 22.3 Å². The molecule has 0 N–H and O–H groups in total. The monoisotopic (exact) mass is 134 g/mol. The minimum Gasteiger partial charge on any atom is -0.424 e. The van der Waals surface area contributed by atoms with Gasteiger partial charge < -0.3 is 4.43 Å². The first-order chi connectivity index (χ1) is 3.41. The molecule has 0 rings (SSSR count). The maximum Gasteiger partial charge on any atom is 0.161 e. The lowest BCUT2D eigenvalue weighted by Gasteiger charge is -1.93. The molecule has 0 fully saturated rings. The maximum atomic E-state index is 5.24. The van der Waals surface area contributed by atoms with Crippen molar-refractivity contribution in [3.63, 3.8) is 0 Å². The number of rotatable bonds is 4. The average molecular weight is 134 g/mol. The van der Waals surface area contributed by atoms with Crippen molar-refractivity contribution in [1.82, 2.24) is 0 Å². The van der Waals surface area contributed by atoms with Crippen molar-refractivity contribution in [2.24, 2.45) is 0 Å². The van der Waals surface area contributed by atoms with Gasteiger partial charge in [0.1, 0.15) is 0 Å². The Kier molecular flexibility index (Phi) is 6.75. The van der Waals surface area contributed by atoms with E-state index in [4.69, 9.17) is 4.43 Å². The third kappa shape index (κ3) is 6.39. The second kappa shape index (κ2) is 6.39. The molecule has 0 aromatic carbocycles. The molecule has 0 aromatic heterocycles. The topological polar surface area (TPSA) is 9.23 Å². The largest absolute Gasteiger partial charge is 0.424 e. The van der Waals surface area contributed by atoms with Gasteiger partial charge in [0.15, 0.2) is 9.76 Å². The molecule has 0 atom stereocenters. The SMILES string of the molecule is CCO[SiH2]CC[SiH3]. The lowest BCUT2D eigenvalue weighted by Crippen LogP contribution is -1.95. The third-order valence-corrected chi connectivity index (χ3v) is 4.66. The number of hydrogen-bond donors (Lipinski definition) is 0. The first kappa shape index (κ1) is 7.39. The smallest absolute Gasteiger partial charge is 0.161 e. The van der Waals surface area contributed by atoms with Crippen LogP contribution in [0.25, 0.3) is 0 Å². The van der Waals surface area contributed by atoms with Crippen LogP contribution in [0.15, 0.2) is 0 Å². The minimum absolute atomic E-state index is 0.0540. The Labute approximate surface area is 50.8 Å². The van der Waals surface area contributed by atoms with Crippen molar-refractivity contribution in [3.8, 4) is 0 Å². The quantitative estimate of drug-likeness (QED) is 0.365. The van der Waals surface area contributed by atoms with Crippen LogP contribution in [-0.2, 0) is 4.43 Å². The molecule has 0 aromatic rings. The van der Waals surface area contributed by atoms with Gasteiger partial charge in [-0.3, -0.25) is 0 Å². The van der Waals surface area contributed by atoms with Crippen LogP contribution in [0.3, 0.4) is 0 Å². The Morgan fingerprint density at radius 3 is 2.86 bits per heavy atom. The van der Waals surface area contributed by atoms with Crippen molar-refractivity contribution >= 4 is 20.0 Å². The summed E-state index contributed by atoms with van der Waals surface area (Å²) in [5.74, 6) is 0. The molecule has 0 heterocycles. The predicted molar refractivity (Wildman–Crippen MR) is 39.7 cm³/mol. The van der Waals surface area contributed by atoms with Gasteiger partial charge in [0, 0.05) is 16.8 Å². The highest BCUT2D eigenvalue weighted by molar-refractivity contribution is 6.29. The average Bonchev–Trinajstić information content (AvgIpc) is 1.69. The maximum absolute atomic E-state index is 5.24. The van der Waals surface area contributed by atoms with Gasteiger partial charge in [-0.2, -0.15) is 0 Å². The highest BCUT2D eigenvalue weighted by atomic mass is 28.2. The van der Waals surface area contributed by atoms with E-state index < -0.39 is 0 Å². The van der Waals surface area contributed by atoms with E-state index in [0.29, 0.717) is 0 Å². The lowest BCUT2D eigenvalue weighted by molar-refractivity contribution is 0.361. The molecule has 0 saturated carbocycles. The van der Waals surface area contributed by atoms with Gasteiger partial charge in [-0.15, -0.1) is 0 Å². The summed E-state index contributed by atoms with van der Waals surface area (Å²) in [4.78, 5) is 0. The van der Waals surface area contributed by atoms with Crippen LogP contribution in [0.5, 0.6) is 0 Å². The van der Waals surface area contributed by atoms with Gasteiger partial charge in [0.05, 0.1) is 0 Å². The molecule has 0 aliphatic carbocycles. The van der Waals surface area contributed by atoms with Crippen molar-refractivity contribution in [2.45, 2.75) is 19.0 Å². The van der Waals surface area contributed by atoms with Crippen LogP contribution in [0.1, 0.15) is 6.92 Å². The summed E-state index contributed by atoms with van der Waals surface area (Å²) in [6.07, 6.45) is 0. The summed E-state index contributed by atoms with van der Waals surface area (Å²) in [6.45, 7) is 3.01. The van der Waals surface area contributed by atoms with Gasteiger partial charge in [0.25, 0.3) is 0 Å². The van der Waals surface area contributed by atoms with E-state index in [2.05, 4.69) is 6.92 Å². The van der Waals surface area contributed by atoms with Crippen LogP contribution in [0.2, 0.25) is 12.1 Å². The standard InChI is InChI=1S/C4H14OSi2/c1-2-5-7-4-3-6/h2-4,7H2,1,6H3. The Bertz CT molecular complexity index is 28.9. The normalized spacial score (nSPS) is 11.6. The Morgan fingerprint density at radius 1 is 1.71 bits per heavy atom. The lowest BCUT2D eigenvalue weighted by atomic mass is 10.9. The highest BCUT2D eigenvalue weighted by Gasteiger charge is 1.80. The Balaban J connectivity index is 2.45. The molecular weight excluding hydrogens is 120 g/mol. The van der Waals surface area contributed by atoms with Crippen molar-refractivity contribution in [1.29, 1.82) is 0 Å². The first-order valence-corrected chi connectivity index (χ1v) is 5.98. The van der Waals surface area contributed by atoms with Crippen LogP contribution in [0.4, 0.5) is 0 Å². The second-order valence-corrected chi connectivity index (χ2v) is 4.07. The van der Waals surface area contributed by atoms with Gasteiger partial charge >= 0.3 is 0 Å². The Hall–Kier alpha value is 0.394. The second-order valence-electron chi connectivity index (χ2n) is 1.55. The molecule has 0 spiro atoms. The molecule has 0 saturated heterocycles. The van der Waals surface area contributed by atoms with Crippen LogP contribution in [0, 0.1) is 0 Å². The molecule has 7 heavy (non-hydrogen) atoms. The molecular formula is C4H14OSi2. The third-order valence-electron chi connectivity index (χ3n) is 0.846. The molecule has 44 valence electrons. The zero-order valence-electron chi connectivity index (χ0n) is 5.24. The molecule has 3 heteroatoms. The van der Waals surface area contributed by atoms with Gasteiger partial charge in [0.2, 0.25) is 0 Å². The number of hydrogen-bond acceptors (Lipinski definition) is 1. The van der Waals surface area contributed by atoms with E-state index in [1.54, 1.807) is 0 Å². The van der Waals surface area contributed by atoms with Crippen LogP contribution in [-0.4, -0.2) is 26.6 Å². The summed E-state index contributed by atoms with van der Waals surface area (Å²) >= 11 is 0.